The maximum Gasteiger partial charge on any atom is 0.236 e. The number of carbonyl (C=O) groups excluding carboxylic acids is 1. The molecule has 0 bridgehead atoms. The Kier molecular flexibility index (Phi) is 9.01. The van der Waals surface area contributed by atoms with E-state index in [1.807, 2.05) is 11.0 Å². The summed E-state index contributed by atoms with van der Waals surface area (Å²) >= 11 is 0. The summed E-state index contributed by atoms with van der Waals surface area (Å²) in [4.78, 5) is 22.3. The standard InChI is InChI=1S/C28H40N4O3/c1-23-19-26(34-2)27(35-3)20-25(23)21-30-15-17-32(18-16-30)28(33)22-31-13-11-29(12-14-31)10-9-24-7-5-4-6-8-24/h4-8,19-20H,9-18,21-22H2,1-3H3. The van der Waals surface area contributed by atoms with Gasteiger partial charge >= 0.3 is 0 Å². The Morgan fingerprint density at radius 2 is 1.40 bits per heavy atom. The van der Waals surface area contributed by atoms with Crippen molar-refractivity contribution in [3.63, 3.8) is 0 Å². The number of piperazine rings is 2. The zero-order valence-electron chi connectivity index (χ0n) is 21.5. The Bertz CT molecular complexity index is 952. The highest BCUT2D eigenvalue weighted by Gasteiger charge is 2.25. The first kappa shape index (κ1) is 25.5. The lowest BCUT2D eigenvalue weighted by Gasteiger charge is -2.38. The fourth-order valence-corrected chi connectivity index (χ4v) is 4.98. The van der Waals surface area contributed by atoms with Crippen LogP contribution in [0.2, 0.25) is 0 Å². The minimum absolute atomic E-state index is 0.268. The molecule has 0 atom stereocenters. The Balaban J connectivity index is 1.17. The third-order valence-corrected chi connectivity index (χ3v) is 7.34. The van der Waals surface area contributed by atoms with Gasteiger partial charge in [-0.3, -0.25) is 14.6 Å². The monoisotopic (exact) mass is 480 g/mol. The molecule has 0 saturated carbocycles. The topological polar surface area (TPSA) is 48.5 Å². The molecule has 2 aromatic rings. The fraction of sp³-hybridized carbons (Fsp3) is 0.536. The van der Waals surface area contributed by atoms with Crippen molar-refractivity contribution >= 4 is 5.91 Å². The van der Waals surface area contributed by atoms with Gasteiger partial charge in [0, 0.05) is 65.4 Å². The number of hydrogen-bond acceptors (Lipinski definition) is 6. The lowest BCUT2D eigenvalue weighted by molar-refractivity contribution is -0.134. The molecule has 4 rings (SSSR count). The van der Waals surface area contributed by atoms with Crippen molar-refractivity contribution < 1.29 is 14.3 Å². The van der Waals surface area contributed by atoms with E-state index in [-0.39, 0.29) is 5.91 Å². The van der Waals surface area contributed by atoms with E-state index in [2.05, 4.69) is 58.0 Å². The first-order valence-corrected chi connectivity index (χ1v) is 12.8. The van der Waals surface area contributed by atoms with E-state index < -0.39 is 0 Å². The van der Waals surface area contributed by atoms with Crippen LogP contribution in [0.4, 0.5) is 0 Å². The number of hydrogen-bond donors (Lipinski definition) is 0. The second kappa shape index (κ2) is 12.4. The first-order valence-electron chi connectivity index (χ1n) is 12.8. The molecular weight excluding hydrogens is 440 g/mol. The normalized spacial score (nSPS) is 18.0. The van der Waals surface area contributed by atoms with E-state index in [1.54, 1.807) is 14.2 Å². The molecule has 2 fully saturated rings. The fourth-order valence-electron chi connectivity index (χ4n) is 4.98. The minimum Gasteiger partial charge on any atom is -0.493 e. The van der Waals surface area contributed by atoms with Gasteiger partial charge in [0.2, 0.25) is 5.91 Å². The number of amides is 1. The quantitative estimate of drug-likeness (QED) is 0.550. The van der Waals surface area contributed by atoms with E-state index >= 15 is 0 Å². The number of carbonyl (C=O) groups is 1. The van der Waals surface area contributed by atoms with Crippen LogP contribution in [0.5, 0.6) is 11.5 Å². The highest BCUT2D eigenvalue weighted by atomic mass is 16.5. The van der Waals surface area contributed by atoms with Gasteiger partial charge < -0.3 is 19.3 Å². The number of ether oxygens (including phenoxy) is 2. The number of rotatable bonds is 9. The van der Waals surface area contributed by atoms with Crippen LogP contribution in [0.25, 0.3) is 0 Å². The van der Waals surface area contributed by atoms with Gasteiger partial charge in [0.15, 0.2) is 11.5 Å². The molecule has 2 aromatic carbocycles. The summed E-state index contributed by atoms with van der Waals surface area (Å²) in [6, 6.07) is 14.8. The molecule has 1 amide bonds. The molecule has 7 heteroatoms. The smallest absolute Gasteiger partial charge is 0.236 e. The average molecular weight is 481 g/mol. The van der Waals surface area contributed by atoms with Crippen molar-refractivity contribution in [1.29, 1.82) is 0 Å². The lowest BCUT2D eigenvalue weighted by atomic mass is 10.1. The number of nitrogens with zero attached hydrogens (tertiary/aromatic N) is 4. The van der Waals surface area contributed by atoms with Crippen molar-refractivity contribution in [2.75, 3.05) is 79.7 Å². The van der Waals surface area contributed by atoms with E-state index in [1.165, 1.54) is 16.7 Å². The average Bonchev–Trinajstić information content (AvgIpc) is 2.90. The second-order valence-electron chi connectivity index (χ2n) is 9.64. The summed E-state index contributed by atoms with van der Waals surface area (Å²) in [6.45, 7) is 12.0. The minimum atomic E-state index is 0.268. The molecule has 35 heavy (non-hydrogen) atoms. The number of aryl methyl sites for hydroxylation is 1. The molecule has 2 saturated heterocycles. The summed E-state index contributed by atoms with van der Waals surface area (Å²) in [5.74, 6) is 1.80. The third kappa shape index (κ3) is 6.97. The van der Waals surface area contributed by atoms with Crippen molar-refractivity contribution in [1.82, 2.24) is 19.6 Å². The Morgan fingerprint density at radius 1 is 0.800 bits per heavy atom. The molecule has 2 heterocycles. The van der Waals surface area contributed by atoms with Crippen LogP contribution in [-0.2, 0) is 17.8 Å². The predicted molar refractivity (Wildman–Crippen MR) is 139 cm³/mol. The van der Waals surface area contributed by atoms with Crippen LogP contribution < -0.4 is 9.47 Å². The van der Waals surface area contributed by atoms with Crippen LogP contribution in [0.1, 0.15) is 16.7 Å². The highest BCUT2D eigenvalue weighted by molar-refractivity contribution is 5.78. The molecule has 0 aliphatic carbocycles. The summed E-state index contributed by atoms with van der Waals surface area (Å²) in [7, 11) is 3.34. The molecular formula is C28H40N4O3. The molecule has 0 unspecified atom stereocenters. The number of methoxy groups -OCH3 is 2. The van der Waals surface area contributed by atoms with Gasteiger partial charge in [-0.15, -0.1) is 0 Å². The van der Waals surface area contributed by atoms with Crippen LogP contribution in [0.15, 0.2) is 42.5 Å². The molecule has 0 aromatic heterocycles. The molecule has 0 radical (unpaired) electrons. The Hall–Kier alpha value is -2.61. The van der Waals surface area contributed by atoms with E-state index in [9.17, 15) is 4.79 Å². The second-order valence-corrected chi connectivity index (χ2v) is 9.64. The Morgan fingerprint density at radius 3 is 2.06 bits per heavy atom. The first-order chi connectivity index (χ1) is 17.1. The summed E-state index contributed by atoms with van der Waals surface area (Å²) in [5, 5.41) is 0. The molecule has 7 nitrogen and oxygen atoms in total. The molecule has 2 aliphatic heterocycles. The largest absolute Gasteiger partial charge is 0.493 e. The maximum atomic E-state index is 13.0. The van der Waals surface area contributed by atoms with Crippen molar-refractivity contribution in [3.8, 4) is 11.5 Å². The molecule has 0 N–H and O–H groups in total. The van der Waals surface area contributed by atoms with Gasteiger partial charge in [-0.2, -0.15) is 0 Å². The third-order valence-electron chi connectivity index (χ3n) is 7.34. The van der Waals surface area contributed by atoms with E-state index in [0.29, 0.717) is 6.54 Å². The summed E-state index contributed by atoms with van der Waals surface area (Å²) in [6.07, 6.45) is 1.09. The zero-order valence-corrected chi connectivity index (χ0v) is 21.5. The summed E-state index contributed by atoms with van der Waals surface area (Å²) < 4.78 is 10.9. The lowest BCUT2D eigenvalue weighted by Crippen LogP contribution is -2.53. The number of benzene rings is 2. The van der Waals surface area contributed by atoms with Crippen molar-refractivity contribution in [2.45, 2.75) is 19.9 Å². The SMILES string of the molecule is COc1cc(C)c(CN2CCN(C(=O)CN3CCN(CCc4ccccc4)CC3)CC2)cc1OC. The van der Waals surface area contributed by atoms with Crippen LogP contribution in [0.3, 0.4) is 0 Å². The van der Waals surface area contributed by atoms with Crippen LogP contribution in [-0.4, -0.2) is 105 Å². The molecule has 2 aliphatic rings. The van der Waals surface area contributed by atoms with E-state index in [4.69, 9.17) is 9.47 Å². The van der Waals surface area contributed by atoms with Crippen molar-refractivity contribution in [3.05, 3.63) is 59.2 Å². The summed E-state index contributed by atoms with van der Waals surface area (Å²) in [5.41, 5.74) is 3.84. The van der Waals surface area contributed by atoms with Crippen LogP contribution in [0, 0.1) is 6.92 Å². The van der Waals surface area contributed by atoms with Gasteiger partial charge in [0.1, 0.15) is 0 Å². The maximum absolute atomic E-state index is 13.0. The van der Waals surface area contributed by atoms with Gasteiger partial charge in [-0.25, -0.2) is 0 Å². The molecule has 0 spiro atoms. The predicted octanol–water partition coefficient (Wildman–Crippen LogP) is 2.52. The van der Waals surface area contributed by atoms with Gasteiger partial charge in [0.25, 0.3) is 0 Å². The Labute approximate surface area is 210 Å². The van der Waals surface area contributed by atoms with Gasteiger partial charge in [0.05, 0.1) is 20.8 Å². The van der Waals surface area contributed by atoms with E-state index in [0.717, 1.165) is 83.4 Å². The van der Waals surface area contributed by atoms with Crippen molar-refractivity contribution in [2.24, 2.45) is 0 Å². The zero-order chi connectivity index (χ0) is 24.6. The highest BCUT2D eigenvalue weighted by Crippen LogP contribution is 2.31. The molecule has 190 valence electrons. The van der Waals surface area contributed by atoms with Gasteiger partial charge in [-0.1, -0.05) is 30.3 Å². The van der Waals surface area contributed by atoms with Gasteiger partial charge in [-0.05, 0) is 42.2 Å². The van der Waals surface area contributed by atoms with Crippen LogP contribution >= 0.6 is 0 Å².